The lowest BCUT2D eigenvalue weighted by molar-refractivity contribution is 0.573. The van der Waals surface area contributed by atoms with Gasteiger partial charge in [0, 0.05) is 17.7 Å². The Balaban J connectivity index is 2.82. The lowest BCUT2D eigenvalue weighted by Gasteiger charge is -2.20. The van der Waals surface area contributed by atoms with Crippen molar-refractivity contribution < 1.29 is 0 Å². The first-order valence-electron chi connectivity index (χ1n) is 5.04. The molecular weight excluding hydrogens is 158 g/mol. The van der Waals surface area contributed by atoms with Gasteiger partial charge >= 0.3 is 0 Å². The number of hydrogen-bond acceptors (Lipinski definition) is 1. The summed E-state index contributed by atoms with van der Waals surface area (Å²) in [5.41, 5.74) is 1.23. The first-order chi connectivity index (χ1) is 6.11. The van der Waals surface area contributed by atoms with Gasteiger partial charge in [-0.05, 0) is 25.8 Å². The summed E-state index contributed by atoms with van der Waals surface area (Å²) in [6.07, 6.45) is 8.56. The molecule has 1 aliphatic carbocycles. The number of rotatable bonds is 2. The van der Waals surface area contributed by atoms with Crippen molar-refractivity contribution in [3.05, 3.63) is 24.3 Å². The molecule has 0 spiro atoms. The van der Waals surface area contributed by atoms with Crippen LogP contribution in [0.25, 0.3) is 0 Å². The first-order valence-corrected chi connectivity index (χ1v) is 5.04. The molecule has 13 heavy (non-hydrogen) atoms. The summed E-state index contributed by atoms with van der Waals surface area (Å²) >= 11 is 0. The second-order valence-electron chi connectivity index (χ2n) is 4.16. The molecule has 1 aliphatic rings. The van der Waals surface area contributed by atoms with Gasteiger partial charge in [-0.2, -0.15) is 0 Å². The molecule has 0 fully saturated rings. The average molecular weight is 177 g/mol. The van der Waals surface area contributed by atoms with Gasteiger partial charge in [0.2, 0.25) is 0 Å². The molecule has 0 aromatic heterocycles. The van der Waals surface area contributed by atoms with Crippen LogP contribution < -0.4 is 0 Å². The monoisotopic (exact) mass is 177 g/mol. The van der Waals surface area contributed by atoms with Crippen LogP contribution in [-0.4, -0.2) is 11.8 Å². The Morgan fingerprint density at radius 2 is 1.85 bits per heavy atom. The molecule has 72 valence electrons. The molecule has 0 saturated heterocycles. The molecule has 0 heterocycles. The zero-order valence-electron chi connectivity index (χ0n) is 8.99. The molecule has 0 aromatic rings. The van der Waals surface area contributed by atoms with Crippen LogP contribution in [-0.2, 0) is 0 Å². The Morgan fingerprint density at radius 1 is 1.15 bits per heavy atom. The van der Waals surface area contributed by atoms with E-state index in [9.17, 15) is 0 Å². The van der Waals surface area contributed by atoms with E-state index in [4.69, 9.17) is 0 Å². The molecular formula is C12H19N. The van der Waals surface area contributed by atoms with E-state index >= 15 is 0 Å². The lowest BCUT2D eigenvalue weighted by atomic mass is 9.88. The fourth-order valence-electron chi connectivity index (χ4n) is 1.54. The average Bonchev–Trinajstić information content (AvgIpc) is 2.03. The molecule has 1 atom stereocenters. The van der Waals surface area contributed by atoms with Gasteiger partial charge in [0.1, 0.15) is 0 Å². The van der Waals surface area contributed by atoms with Crippen molar-refractivity contribution in [1.29, 1.82) is 0 Å². The van der Waals surface area contributed by atoms with Crippen LogP contribution >= 0.6 is 0 Å². The van der Waals surface area contributed by atoms with Crippen LogP contribution in [0.15, 0.2) is 29.3 Å². The fourth-order valence-corrected chi connectivity index (χ4v) is 1.54. The van der Waals surface area contributed by atoms with E-state index in [1.807, 2.05) is 0 Å². The summed E-state index contributed by atoms with van der Waals surface area (Å²) in [6.45, 7) is 8.72. The summed E-state index contributed by atoms with van der Waals surface area (Å²) in [5.74, 6) is 1.14. The van der Waals surface area contributed by atoms with Gasteiger partial charge in [0.15, 0.2) is 0 Å². The van der Waals surface area contributed by atoms with Crippen molar-refractivity contribution in [1.82, 2.24) is 0 Å². The normalized spacial score (nSPS) is 25.1. The van der Waals surface area contributed by atoms with Crippen molar-refractivity contribution in [3.8, 4) is 0 Å². The highest BCUT2D eigenvalue weighted by Gasteiger charge is 2.16. The molecule has 0 saturated carbocycles. The summed E-state index contributed by atoms with van der Waals surface area (Å²) in [4.78, 5) is 4.62. The van der Waals surface area contributed by atoms with E-state index in [1.165, 1.54) is 5.71 Å². The zero-order valence-corrected chi connectivity index (χ0v) is 8.99. The predicted octanol–water partition coefficient (Wildman–Crippen LogP) is 3.23. The number of hydrogen-bond donors (Lipinski definition) is 0. The maximum atomic E-state index is 4.62. The van der Waals surface area contributed by atoms with Crippen molar-refractivity contribution in [2.24, 2.45) is 16.8 Å². The Labute approximate surface area is 81.3 Å². The molecule has 1 rings (SSSR count). The maximum Gasteiger partial charge on any atom is 0.0446 e. The highest BCUT2D eigenvalue weighted by molar-refractivity contribution is 5.99. The summed E-state index contributed by atoms with van der Waals surface area (Å²) in [7, 11) is 0. The number of allylic oxidation sites excluding steroid dienone is 4. The van der Waals surface area contributed by atoms with E-state index in [0.29, 0.717) is 17.9 Å². The number of nitrogens with zero attached hydrogens (tertiary/aromatic N) is 1. The molecule has 1 heteroatoms. The van der Waals surface area contributed by atoms with Crippen LogP contribution in [0.4, 0.5) is 0 Å². The first kappa shape index (κ1) is 10.2. The Morgan fingerprint density at radius 3 is 2.38 bits per heavy atom. The molecule has 1 unspecified atom stereocenters. The minimum Gasteiger partial charge on any atom is -0.286 e. The Kier molecular flexibility index (Phi) is 3.47. The van der Waals surface area contributed by atoms with Crippen molar-refractivity contribution in [3.63, 3.8) is 0 Å². The number of aliphatic imine (C=N–C) groups is 1. The highest BCUT2D eigenvalue weighted by Crippen LogP contribution is 2.19. The van der Waals surface area contributed by atoms with E-state index in [2.05, 4.69) is 57.0 Å². The summed E-state index contributed by atoms with van der Waals surface area (Å²) in [6, 6.07) is 0.396. The Hall–Kier alpha value is -0.850. The second-order valence-corrected chi connectivity index (χ2v) is 4.16. The van der Waals surface area contributed by atoms with Crippen molar-refractivity contribution in [2.75, 3.05) is 0 Å². The van der Waals surface area contributed by atoms with Crippen molar-refractivity contribution in [2.45, 2.75) is 33.7 Å². The molecule has 0 bridgehead atoms. The smallest absolute Gasteiger partial charge is 0.0446 e. The van der Waals surface area contributed by atoms with Crippen LogP contribution in [0.3, 0.4) is 0 Å². The van der Waals surface area contributed by atoms with Gasteiger partial charge in [0.25, 0.3) is 0 Å². The SMILES string of the molecule is CC(C)N=C1C=CC=CC1C(C)C. The second kappa shape index (κ2) is 4.40. The molecule has 0 amide bonds. The van der Waals surface area contributed by atoms with E-state index in [-0.39, 0.29) is 0 Å². The molecule has 0 radical (unpaired) electrons. The molecule has 1 nitrogen and oxygen atoms in total. The van der Waals surface area contributed by atoms with Gasteiger partial charge in [-0.15, -0.1) is 0 Å². The quantitative estimate of drug-likeness (QED) is 0.614. The van der Waals surface area contributed by atoms with Gasteiger partial charge in [-0.25, -0.2) is 0 Å². The highest BCUT2D eigenvalue weighted by atomic mass is 14.8. The Bertz CT molecular complexity index is 244. The van der Waals surface area contributed by atoms with E-state index in [0.717, 1.165) is 0 Å². The van der Waals surface area contributed by atoms with Crippen LogP contribution in [0.1, 0.15) is 27.7 Å². The van der Waals surface area contributed by atoms with Gasteiger partial charge in [-0.3, -0.25) is 4.99 Å². The fraction of sp³-hybridized carbons (Fsp3) is 0.583. The summed E-state index contributed by atoms with van der Waals surface area (Å²) < 4.78 is 0. The van der Waals surface area contributed by atoms with E-state index in [1.54, 1.807) is 0 Å². The third kappa shape index (κ3) is 2.83. The lowest BCUT2D eigenvalue weighted by Crippen LogP contribution is -2.19. The minimum atomic E-state index is 0.396. The summed E-state index contributed by atoms with van der Waals surface area (Å²) in [5, 5.41) is 0. The molecule has 0 aliphatic heterocycles. The molecule has 0 N–H and O–H groups in total. The standard InChI is InChI=1S/C12H19N/c1-9(2)11-7-5-6-8-12(11)13-10(3)4/h5-11H,1-4H3. The van der Waals surface area contributed by atoms with Crippen LogP contribution in [0.2, 0.25) is 0 Å². The predicted molar refractivity (Wildman–Crippen MR) is 59.2 cm³/mol. The largest absolute Gasteiger partial charge is 0.286 e. The van der Waals surface area contributed by atoms with Crippen molar-refractivity contribution >= 4 is 5.71 Å². The van der Waals surface area contributed by atoms with Crippen LogP contribution in [0, 0.1) is 11.8 Å². The van der Waals surface area contributed by atoms with E-state index < -0.39 is 0 Å². The van der Waals surface area contributed by atoms with Crippen LogP contribution in [0.5, 0.6) is 0 Å². The third-order valence-electron chi connectivity index (χ3n) is 2.16. The van der Waals surface area contributed by atoms with Gasteiger partial charge < -0.3 is 0 Å². The maximum absolute atomic E-state index is 4.62. The zero-order chi connectivity index (χ0) is 9.84. The van der Waals surface area contributed by atoms with Gasteiger partial charge in [0.05, 0.1) is 0 Å². The minimum absolute atomic E-state index is 0.396. The van der Waals surface area contributed by atoms with Gasteiger partial charge in [-0.1, -0.05) is 32.1 Å². The third-order valence-corrected chi connectivity index (χ3v) is 2.16. The topological polar surface area (TPSA) is 12.4 Å². The molecule has 0 aromatic carbocycles.